The lowest BCUT2D eigenvalue weighted by Crippen LogP contribution is -2.40. The fourth-order valence-electron chi connectivity index (χ4n) is 3.10. The fourth-order valence-corrected chi connectivity index (χ4v) is 3.10. The Balaban J connectivity index is 1.74. The molecule has 0 aliphatic carbocycles. The zero-order chi connectivity index (χ0) is 26.5. The Kier molecular flexibility index (Phi) is 11.0. The Bertz CT molecular complexity index is 1070. The highest BCUT2D eigenvalue weighted by molar-refractivity contribution is 6.01. The van der Waals surface area contributed by atoms with Crippen molar-refractivity contribution in [3.8, 4) is 5.75 Å². The average molecular weight is 500 g/mol. The number of rotatable bonds is 12. The third kappa shape index (κ3) is 9.53. The van der Waals surface area contributed by atoms with Crippen LogP contribution in [0.4, 0.5) is 21.0 Å². The van der Waals surface area contributed by atoms with E-state index < -0.39 is 23.9 Å². The van der Waals surface area contributed by atoms with E-state index >= 15 is 0 Å². The van der Waals surface area contributed by atoms with Gasteiger partial charge in [-0.1, -0.05) is 31.2 Å². The maximum absolute atomic E-state index is 12.4. The Hall–Kier alpha value is -4.28. The standard InChI is InChI=1S/C25H33N5O6/c1-16-7-4-5-8-19(16)29-25(35)30-20-10-9-18(13-21(20)36-3)14-22(31)26-11-6-12-27-24(34)28-15-17(2)23(32)33/h4-5,7-10,13,17H,6,11-12,14-15H2,1-3H3,(H,26,31)(H,32,33)(H2,27,28,34)(H2,29,30,35). The Labute approximate surface area is 210 Å². The van der Waals surface area contributed by atoms with Crippen molar-refractivity contribution in [1.82, 2.24) is 16.0 Å². The number of benzene rings is 2. The molecule has 1 atom stereocenters. The SMILES string of the molecule is COc1cc(CC(=O)NCCCNC(=O)NCC(C)C(=O)O)ccc1NC(=O)Nc1ccccc1C. The van der Waals surface area contributed by atoms with Gasteiger partial charge in [-0.2, -0.15) is 0 Å². The van der Waals surface area contributed by atoms with Gasteiger partial charge in [-0.05, 0) is 42.7 Å². The summed E-state index contributed by atoms with van der Waals surface area (Å²) in [6, 6.07) is 11.7. The first-order chi connectivity index (χ1) is 17.2. The first-order valence-corrected chi connectivity index (χ1v) is 11.5. The van der Waals surface area contributed by atoms with Crippen molar-refractivity contribution >= 4 is 35.3 Å². The van der Waals surface area contributed by atoms with Crippen molar-refractivity contribution in [2.75, 3.05) is 37.4 Å². The Morgan fingerprint density at radius 3 is 2.31 bits per heavy atom. The Morgan fingerprint density at radius 2 is 1.61 bits per heavy atom. The van der Waals surface area contributed by atoms with E-state index in [0.29, 0.717) is 42.2 Å². The van der Waals surface area contributed by atoms with Crippen LogP contribution in [0.25, 0.3) is 0 Å². The van der Waals surface area contributed by atoms with Crippen LogP contribution in [0.5, 0.6) is 5.75 Å². The lowest BCUT2D eigenvalue weighted by molar-refractivity contribution is -0.140. The van der Waals surface area contributed by atoms with Gasteiger partial charge in [0.2, 0.25) is 5.91 Å². The van der Waals surface area contributed by atoms with E-state index in [1.54, 1.807) is 18.2 Å². The number of nitrogens with one attached hydrogen (secondary N) is 5. The molecule has 0 fully saturated rings. The van der Waals surface area contributed by atoms with E-state index in [9.17, 15) is 19.2 Å². The minimum Gasteiger partial charge on any atom is -0.495 e. The van der Waals surface area contributed by atoms with Gasteiger partial charge in [0.15, 0.2) is 0 Å². The summed E-state index contributed by atoms with van der Waals surface area (Å²) >= 11 is 0. The molecule has 36 heavy (non-hydrogen) atoms. The predicted octanol–water partition coefficient (Wildman–Crippen LogP) is 2.72. The minimum atomic E-state index is -0.981. The normalized spacial score (nSPS) is 11.1. The molecule has 5 amide bonds. The molecule has 0 saturated carbocycles. The number of carbonyl (C=O) groups is 4. The Morgan fingerprint density at radius 1 is 0.917 bits per heavy atom. The number of carbonyl (C=O) groups excluding carboxylic acids is 3. The largest absolute Gasteiger partial charge is 0.495 e. The predicted molar refractivity (Wildman–Crippen MR) is 136 cm³/mol. The van der Waals surface area contributed by atoms with Crippen LogP contribution in [0.1, 0.15) is 24.5 Å². The van der Waals surface area contributed by atoms with Crippen LogP contribution in [0.15, 0.2) is 42.5 Å². The molecule has 11 nitrogen and oxygen atoms in total. The lowest BCUT2D eigenvalue weighted by Gasteiger charge is -2.14. The maximum Gasteiger partial charge on any atom is 0.323 e. The van der Waals surface area contributed by atoms with Gasteiger partial charge in [-0.25, -0.2) is 9.59 Å². The summed E-state index contributed by atoms with van der Waals surface area (Å²) in [5.41, 5.74) is 2.81. The zero-order valence-electron chi connectivity index (χ0n) is 20.6. The number of aliphatic carboxylic acids is 1. The van der Waals surface area contributed by atoms with Crippen LogP contribution in [0, 0.1) is 12.8 Å². The van der Waals surface area contributed by atoms with E-state index in [0.717, 1.165) is 5.56 Å². The second-order valence-electron chi connectivity index (χ2n) is 8.19. The van der Waals surface area contributed by atoms with Gasteiger partial charge < -0.3 is 36.4 Å². The molecule has 0 bridgehead atoms. The molecule has 2 aromatic rings. The van der Waals surface area contributed by atoms with Gasteiger partial charge in [0, 0.05) is 25.3 Å². The monoisotopic (exact) mass is 499 g/mol. The highest BCUT2D eigenvalue weighted by Gasteiger charge is 2.13. The van der Waals surface area contributed by atoms with Crippen LogP contribution in [-0.2, 0) is 16.0 Å². The summed E-state index contributed by atoms with van der Waals surface area (Å²) < 4.78 is 5.37. The molecule has 0 radical (unpaired) electrons. The summed E-state index contributed by atoms with van der Waals surface area (Å²) in [5.74, 6) is -1.43. The number of carboxylic acids is 1. The van der Waals surface area contributed by atoms with Crippen molar-refractivity contribution < 1.29 is 29.0 Å². The molecule has 0 spiro atoms. The van der Waals surface area contributed by atoms with E-state index in [1.165, 1.54) is 14.0 Å². The van der Waals surface area contributed by atoms with Crippen molar-refractivity contribution in [3.63, 3.8) is 0 Å². The van der Waals surface area contributed by atoms with Crippen LogP contribution < -0.4 is 31.3 Å². The fraction of sp³-hybridized carbons (Fsp3) is 0.360. The number of anilines is 2. The molecule has 2 rings (SSSR count). The lowest BCUT2D eigenvalue weighted by atomic mass is 10.1. The molecule has 0 aromatic heterocycles. The van der Waals surface area contributed by atoms with Gasteiger partial charge in [0.25, 0.3) is 0 Å². The molecule has 0 aliphatic rings. The number of methoxy groups -OCH3 is 1. The number of amides is 5. The molecule has 0 saturated heterocycles. The summed E-state index contributed by atoms with van der Waals surface area (Å²) in [5, 5.41) is 22.2. The van der Waals surface area contributed by atoms with Crippen molar-refractivity contribution in [1.29, 1.82) is 0 Å². The molecule has 2 aromatic carbocycles. The van der Waals surface area contributed by atoms with Crippen molar-refractivity contribution in [3.05, 3.63) is 53.6 Å². The maximum atomic E-state index is 12.4. The van der Waals surface area contributed by atoms with Gasteiger partial charge in [0.05, 0.1) is 25.1 Å². The van der Waals surface area contributed by atoms with E-state index in [1.807, 2.05) is 31.2 Å². The van der Waals surface area contributed by atoms with Gasteiger partial charge >= 0.3 is 18.0 Å². The quantitative estimate of drug-likeness (QED) is 0.246. The number of aryl methyl sites for hydroxylation is 1. The number of carboxylic acid groups (broad SMARTS) is 1. The third-order valence-corrected chi connectivity index (χ3v) is 5.22. The molecular weight excluding hydrogens is 466 g/mol. The van der Waals surface area contributed by atoms with Gasteiger partial charge in [0.1, 0.15) is 5.75 Å². The molecule has 0 heterocycles. The van der Waals surface area contributed by atoms with Crippen LogP contribution in [-0.4, -0.2) is 55.8 Å². The van der Waals surface area contributed by atoms with E-state index in [4.69, 9.17) is 9.84 Å². The second-order valence-corrected chi connectivity index (χ2v) is 8.19. The highest BCUT2D eigenvalue weighted by atomic mass is 16.5. The van der Waals surface area contributed by atoms with Gasteiger partial charge in [-0.3, -0.25) is 9.59 Å². The van der Waals surface area contributed by atoms with Crippen molar-refractivity contribution in [2.45, 2.75) is 26.7 Å². The molecule has 194 valence electrons. The number of para-hydroxylation sites is 1. The molecule has 6 N–H and O–H groups in total. The van der Waals surface area contributed by atoms with Crippen LogP contribution >= 0.6 is 0 Å². The second kappa shape index (κ2) is 14.2. The highest BCUT2D eigenvalue weighted by Crippen LogP contribution is 2.26. The number of hydrogen-bond acceptors (Lipinski definition) is 5. The molecule has 11 heteroatoms. The van der Waals surface area contributed by atoms with E-state index in [2.05, 4.69) is 26.6 Å². The zero-order valence-corrected chi connectivity index (χ0v) is 20.6. The van der Waals surface area contributed by atoms with Gasteiger partial charge in [-0.15, -0.1) is 0 Å². The topological polar surface area (TPSA) is 158 Å². The summed E-state index contributed by atoms with van der Waals surface area (Å²) in [6.45, 7) is 4.12. The summed E-state index contributed by atoms with van der Waals surface area (Å²) in [7, 11) is 1.48. The minimum absolute atomic E-state index is 0.0348. The first kappa shape index (κ1) is 28.0. The van der Waals surface area contributed by atoms with Crippen molar-refractivity contribution in [2.24, 2.45) is 5.92 Å². The van der Waals surface area contributed by atoms with E-state index in [-0.39, 0.29) is 18.9 Å². The number of ether oxygens (including phenoxy) is 1. The van der Waals surface area contributed by atoms with Crippen LogP contribution in [0.3, 0.4) is 0 Å². The van der Waals surface area contributed by atoms with Crippen LogP contribution in [0.2, 0.25) is 0 Å². The number of urea groups is 2. The molecule has 1 unspecified atom stereocenters. The summed E-state index contributed by atoms with van der Waals surface area (Å²) in [6.07, 6.45) is 0.628. The third-order valence-electron chi connectivity index (χ3n) is 5.22. The first-order valence-electron chi connectivity index (χ1n) is 11.5. The molecular formula is C25H33N5O6. The average Bonchev–Trinajstić information content (AvgIpc) is 2.84. The summed E-state index contributed by atoms with van der Waals surface area (Å²) in [4.78, 5) is 47.0. The smallest absolute Gasteiger partial charge is 0.323 e. The molecule has 0 aliphatic heterocycles. The number of hydrogen-bond donors (Lipinski definition) is 6.